The maximum Gasteiger partial charge on any atom is 0.0796 e. The Kier molecular flexibility index (Phi) is 2.87. The SMILES string of the molecule is CCCNC(c1ccn(C)n1)C1CC1. The Balaban J connectivity index is 2.02. The van der Waals surface area contributed by atoms with Crippen LogP contribution in [0.2, 0.25) is 0 Å². The van der Waals surface area contributed by atoms with Crippen LogP contribution in [0.5, 0.6) is 0 Å². The molecule has 0 bridgehead atoms. The average molecular weight is 193 g/mol. The summed E-state index contributed by atoms with van der Waals surface area (Å²) in [5, 5.41) is 8.06. The van der Waals surface area contributed by atoms with Crippen molar-refractivity contribution in [1.82, 2.24) is 15.1 Å². The first-order valence-electron chi connectivity index (χ1n) is 5.54. The quantitative estimate of drug-likeness (QED) is 0.773. The van der Waals surface area contributed by atoms with Gasteiger partial charge in [0.05, 0.1) is 11.7 Å². The number of rotatable bonds is 5. The molecule has 1 N–H and O–H groups in total. The van der Waals surface area contributed by atoms with Crippen molar-refractivity contribution < 1.29 is 0 Å². The fourth-order valence-electron chi connectivity index (χ4n) is 1.84. The third-order valence-electron chi connectivity index (χ3n) is 2.76. The third kappa shape index (κ3) is 2.15. The van der Waals surface area contributed by atoms with Crippen molar-refractivity contribution in [2.45, 2.75) is 32.2 Å². The molecule has 0 spiro atoms. The van der Waals surface area contributed by atoms with Gasteiger partial charge in [0.25, 0.3) is 0 Å². The second-order valence-electron chi connectivity index (χ2n) is 4.18. The molecule has 0 aromatic carbocycles. The van der Waals surface area contributed by atoms with Crippen LogP contribution in [-0.2, 0) is 7.05 Å². The van der Waals surface area contributed by atoms with Crippen molar-refractivity contribution in [2.24, 2.45) is 13.0 Å². The van der Waals surface area contributed by atoms with E-state index in [1.54, 1.807) is 0 Å². The van der Waals surface area contributed by atoms with Crippen molar-refractivity contribution in [2.75, 3.05) is 6.54 Å². The average Bonchev–Trinajstić information content (AvgIpc) is 2.91. The van der Waals surface area contributed by atoms with Gasteiger partial charge < -0.3 is 5.32 Å². The highest BCUT2D eigenvalue weighted by Gasteiger charge is 2.32. The van der Waals surface area contributed by atoms with E-state index in [4.69, 9.17) is 0 Å². The molecule has 0 aliphatic heterocycles. The second-order valence-corrected chi connectivity index (χ2v) is 4.18. The summed E-state index contributed by atoms with van der Waals surface area (Å²) in [7, 11) is 1.98. The molecule has 1 atom stereocenters. The highest BCUT2D eigenvalue weighted by molar-refractivity contribution is 5.09. The number of aryl methyl sites for hydroxylation is 1. The highest BCUT2D eigenvalue weighted by atomic mass is 15.3. The van der Waals surface area contributed by atoms with E-state index < -0.39 is 0 Å². The Labute approximate surface area is 85.5 Å². The summed E-state index contributed by atoms with van der Waals surface area (Å²) in [6.07, 6.45) is 5.93. The topological polar surface area (TPSA) is 29.9 Å². The standard InChI is InChI=1S/C11H19N3/c1-3-7-12-11(9-4-5-9)10-6-8-14(2)13-10/h6,8-9,11-12H,3-5,7H2,1-2H3. The lowest BCUT2D eigenvalue weighted by Crippen LogP contribution is -2.24. The number of hydrogen-bond donors (Lipinski definition) is 1. The van der Waals surface area contributed by atoms with E-state index in [-0.39, 0.29) is 0 Å². The second kappa shape index (κ2) is 4.13. The molecular formula is C11H19N3. The van der Waals surface area contributed by atoms with Crippen molar-refractivity contribution in [3.63, 3.8) is 0 Å². The van der Waals surface area contributed by atoms with Gasteiger partial charge in [0.2, 0.25) is 0 Å². The van der Waals surface area contributed by atoms with Gasteiger partial charge in [0.1, 0.15) is 0 Å². The number of nitrogens with one attached hydrogen (secondary N) is 1. The van der Waals surface area contributed by atoms with E-state index in [9.17, 15) is 0 Å². The summed E-state index contributed by atoms with van der Waals surface area (Å²) >= 11 is 0. The van der Waals surface area contributed by atoms with Crippen LogP contribution in [0.25, 0.3) is 0 Å². The minimum Gasteiger partial charge on any atom is -0.308 e. The molecule has 3 heteroatoms. The van der Waals surface area contributed by atoms with Crippen LogP contribution in [0, 0.1) is 5.92 Å². The first-order chi connectivity index (χ1) is 6.81. The molecular weight excluding hydrogens is 174 g/mol. The monoisotopic (exact) mass is 193 g/mol. The summed E-state index contributed by atoms with van der Waals surface area (Å²) in [6, 6.07) is 2.63. The molecule has 0 radical (unpaired) electrons. The molecule has 1 aliphatic carbocycles. The lowest BCUT2D eigenvalue weighted by Gasteiger charge is -2.15. The van der Waals surface area contributed by atoms with Crippen LogP contribution in [0.4, 0.5) is 0 Å². The summed E-state index contributed by atoms with van der Waals surface area (Å²) < 4.78 is 1.89. The van der Waals surface area contributed by atoms with Crippen LogP contribution in [0.3, 0.4) is 0 Å². The molecule has 1 aromatic heterocycles. The van der Waals surface area contributed by atoms with Gasteiger partial charge in [0.15, 0.2) is 0 Å². The van der Waals surface area contributed by atoms with E-state index in [2.05, 4.69) is 23.4 Å². The highest BCUT2D eigenvalue weighted by Crippen LogP contribution is 2.40. The Bertz CT molecular complexity index is 288. The third-order valence-corrected chi connectivity index (χ3v) is 2.76. The smallest absolute Gasteiger partial charge is 0.0796 e. The maximum atomic E-state index is 4.48. The van der Waals surface area contributed by atoms with Gasteiger partial charge >= 0.3 is 0 Å². The van der Waals surface area contributed by atoms with Gasteiger partial charge in [0, 0.05) is 13.2 Å². The number of hydrogen-bond acceptors (Lipinski definition) is 2. The summed E-state index contributed by atoms with van der Waals surface area (Å²) in [4.78, 5) is 0. The summed E-state index contributed by atoms with van der Waals surface area (Å²) in [6.45, 7) is 3.30. The molecule has 1 saturated carbocycles. The molecule has 14 heavy (non-hydrogen) atoms. The molecule has 1 aromatic rings. The fraction of sp³-hybridized carbons (Fsp3) is 0.727. The summed E-state index contributed by atoms with van der Waals surface area (Å²) in [5.41, 5.74) is 1.21. The van der Waals surface area contributed by atoms with E-state index >= 15 is 0 Å². The Morgan fingerprint density at radius 2 is 2.43 bits per heavy atom. The molecule has 1 unspecified atom stereocenters. The van der Waals surface area contributed by atoms with E-state index in [1.807, 2.05) is 17.9 Å². The Hall–Kier alpha value is -0.830. The van der Waals surface area contributed by atoms with Crippen molar-refractivity contribution in [3.8, 4) is 0 Å². The maximum absolute atomic E-state index is 4.48. The lowest BCUT2D eigenvalue weighted by atomic mass is 10.1. The molecule has 2 rings (SSSR count). The van der Waals surface area contributed by atoms with Crippen LogP contribution < -0.4 is 5.32 Å². The van der Waals surface area contributed by atoms with Crippen LogP contribution in [0.15, 0.2) is 12.3 Å². The molecule has 1 heterocycles. The van der Waals surface area contributed by atoms with Crippen molar-refractivity contribution in [3.05, 3.63) is 18.0 Å². The van der Waals surface area contributed by atoms with Crippen molar-refractivity contribution >= 4 is 0 Å². The first kappa shape index (κ1) is 9.71. The van der Waals surface area contributed by atoms with Crippen LogP contribution in [-0.4, -0.2) is 16.3 Å². The number of aromatic nitrogens is 2. The molecule has 0 amide bonds. The van der Waals surface area contributed by atoms with Crippen LogP contribution in [0.1, 0.15) is 37.9 Å². The van der Waals surface area contributed by atoms with Gasteiger partial charge in [-0.15, -0.1) is 0 Å². The molecule has 1 fully saturated rings. The zero-order chi connectivity index (χ0) is 9.97. The Morgan fingerprint density at radius 3 is 2.93 bits per heavy atom. The fourth-order valence-corrected chi connectivity index (χ4v) is 1.84. The molecule has 1 aliphatic rings. The Morgan fingerprint density at radius 1 is 1.64 bits per heavy atom. The van der Waals surface area contributed by atoms with Gasteiger partial charge in [-0.2, -0.15) is 5.10 Å². The normalized spacial score (nSPS) is 18.4. The first-order valence-corrected chi connectivity index (χ1v) is 5.54. The van der Waals surface area contributed by atoms with E-state index in [1.165, 1.54) is 25.0 Å². The summed E-state index contributed by atoms with van der Waals surface area (Å²) in [5.74, 6) is 0.830. The van der Waals surface area contributed by atoms with Gasteiger partial charge in [-0.3, -0.25) is 4.68 Å². The van der Waals surface area contributed by atoms with Gasteiger partial charge in [-0.25, -0.2) is 0 Å². The largest absolute Gasteiger partial charge is 0.308 e. The van der Waals surface area contributed by atoms with Crippen molar-refractivity contribution in [1.29, 1.82) is 0 Å². The zero-order valence-corrected chi connectivity index (χ0v) is 9.03. The molecule has 78 valence electrons. The van der Waals surface area contributed by atoms with Crippen LogP contribution >= 0.6 is 0 Å². The lowest BCUT2D eigenvalue weighted by molar-refractivity contribution is 0.465. The van der Waals surface area contributed by atoms with E-state index in [0.29, 0.717) is 6.04 Å². The minimum absolute atomic E-state index is 0.496. The predicted octanol–water partition coefficient (Wildman–Crippen LogP) is 1.87. The van der Waals surface area contributed by atoms with E-state index in [0.717, 1.165) is 12.5 Å². The zero-order valence-electron chi connectivity index (χ0n) is 9.03. The van der Waals surface area contributed by atoms with Gasteiger partial charge in [-0.1, -0.05) is 6.92 Å². The van der Waals surface area contributed by atoms with Gasteiger partial charge in [-0.05, 0) is 37.8 Å². The minimum atomic E-state index is 0.496. The number of nitrogens with zero attached hydrogens (tertiary/aromatic N) is 2. The predicted molar refractivity (Wildman–Crippen MR) is 57.0 cm³/mol. The molecule has 3 nitrogen and oxygen atoms in total. The molecule has 0 saturated heterocycles.